The monoisotopic (exact) mass is 633 g/mol. The van der Waals surface area contributed by atoms with Crippen LogP contribution in [0, 0.1) is 17.3 Å². The summed E-state index contributed by atoms with van der Waals surface area (Å²) in [6.07, 6.45) is 2.46. The van der Waals surface area contributed by atoms with Crippen molar-refractivity contribution in [3.05, 3.63) is 23.9 Å². The van der Waals surface area contributed by atoms with Gasteiger partial charge in [0.25, 0.3) is 5.92 Å². The Balaban J connectivity index is 1.70. The van der Waals surface area contributed by atoms with Crippen LogP contribution in [0.4, 0.5) is 13.6 Å². The number of fused-ring (bicyclic) bond motifs is 1. The fraction of sp³-hybridized carbons (Fsp3) is 0.656. The number of primary amides is 1. The van der Waals surface area contributed by atoms with Gasteiger partial charge in [-0.15, -0.1) is 0 Å². The van der Waals surface area contributed by atoms with E-state index in [1.807, 2.05) is 0 Å². The van der Waals surface area contributed by atoms with Crippen LogP contribution in [0.25, 0.3) is 11.0 Å². The van der Waals surface area contributed by atoms with Gasteiger partial charge in [-0.3, -0.25) is 9.59 Å². The summed E-state index contributed by atoms with van der Waals surface area (Å²) in [4.78, 5) is 48.9. The second kappa shape index (κ2) is 13.7. The van der Waals surface area contributed by atoms with Gasteiger partial charge in [0, 0.05) is 18.4 Å². The molecule has 0 spiro atoms. The Morgan fingerprint density at radius 2 is 1.82 bits per heavy atom. The molecular formula is C32H45F2N5O6. The molecular weight excluding hydrogens is 588 g/mol. The number of alkyl halides is 2. The Morgan fingerprint density at radius 3 is 2.40 bits per heavy atom. The second-order valence-electron chi connectivity index (χ2n) is 13.1. The van der Waals surface area contributed by atoms with E-state index in [1.165, 1.54) is 19.1 Å². The van der Waals surface area contributed by atoms with Crippen LogP contribution in [0.2, 0.25) is 0 Å². The van der Waals surface area contributed by atoms with Crippen molar-refractivity contribution in [2.45, 2.75) is 96.8 Å². The summed E-state index contributed by atoms with van der Waals surface area (Å²) in [6, 6.07) is 2.57. The summed E-state index contributed by atoms with van der Waals surface area (Å²) < 4.78 is 48.0. The first-order chi connectivity index (χ1) is 21.2. The molecule has 1 aromatic carbocycles. The van der Waals surface area contributed by atoms with E-state index < -0.39 is 65.5 Å². The van der Waals surface area contributed by atoms with Gasteiger partial charge in [-0.2, -0.15) is 8.78 Å². The van der Waals surface area contributed by atoms with E-state index in [4.69, 9.17) is 19.9 Å². The molecule has 0 unspecified atom stereocenters. The third-order valence-corrected chi connectivity index (χ3v) is 8.70. The van der Waals surface area contributed by atoms with E-state index >= 15 is 8.78 Å². The number of benzene rings is 1. The molecule has 2 heterocycles. The lowest BCUT2D eigenvalue weighted by Gasteiger charge is -2.35. The molecule has 11 nitrogen and oxygen atoms in total. The zero-order valence-corrected chi connectivity index (χ0v) is 26.9. The van der Waals surface area contributed by atoms with Gasteiger partial charge in [-0.25, -0.2) is 14.8 Å². The van der Waals surface area contributed by atoms with Gasteiger partial charge < -0.3 is 30.2 Å². The highest BCUT2D eigenvalue weighted by molar-refractivity contribution is 5.92. The van der Waals surface area contributed by atoms with Crippen molar-refractivity contribution >= 4 is 28.9 Å². The predicted molar refractivity (Wildman–Crippen MR) is 163 cm³/mol. The number of nitrogens with zero attached hydrogens (tertiary/aromatic N) is 3. The third-order valence-electron chi connectivity index (χ3n) is 8.70. The van der Waals surface area contributed by atoms with Gasteiger partial charge in [0.05, 0.1) is 31.8 Å². The van der Waals surface area contributed by atoms with Crippen LogP contribution in [0.15, 0.2) is 18.2 Å². The molecule has 2 aromatic rings. The number of halogens is 2. The SMILES string of the molecule is CC[C@@H]1[C@@H](Oc2nc3cc(OC)ccc3nc2C(F)(F)CCCCC2CC2)CN(C(=O)[C@@H](NC(=O)OC)C(C)(C)C)[C@@H]1C(N)=O. The first-order valence-electron chi connectivity index (χ1n) is 15.5. The highest BCUT2D eigenvalue weighted by Gasteiger charge is 2.51. The number of nitrogens with two attached hydrogens (primary N) is 1. The minimum atomic E-state index is -3.35. The number of methoxy groups -OCH3 is 2. The number of amides is 3. The van der Waals surface area contributed by atoms with Gasteiger partial charge in [0.15, 0.2) is 5.69 Å². The number of rotatable bonds is 13. The molecule has 13 heteroatoms. The number of ether oxygens (including phenoxy) is 3. The normalized spacial score (nSPS) is 21.0. The minimum absolute atomic E-state index is 0.148. The Hall–Kier alpha value is -3.77. The Kier molecular flexibility index (Phi) is 10.4. The van der Waals surface area contributed by atoms with Crippen molar-refractivity contribution in [3.63, 3.8) is 0 Å². The molecule has 1 aliphatic carbocycles. The molecule has 45 heavy (non-hydrogen) atoms. The van der Waals surface area contributed by atoms with Crippen molar-refractivity contribution in [1.29, 1.82) is 0 Å². The molecule has 1 saturated carbocycles. The van der Waals surface area contributed by atoms with E-state index in [2.05, 4.69) is 15.3 Å². The van der Waals surface area contributed by atoms with E-state index in [9.17, 15) is 14.4 Å². The zero-order valence-electron chi connectivity index (χ0n) is 26.9. The Morgan fingerprint density at radius 1 is 1.11 bits per heavy atom. The molecule has 4 rings (SSSR count). The fourth-order valence-corrected chi connectivity index (χ4v) is 5.98. The molecule has 2 aliphatic rings. The number of unbranched alkanes of at least 4 members (excludes halogenated alkanes) is 1. The molecule has 3 amide bonds. The largest absolute Gasteiger partial charge is 0.497 e. The van der Waals surface area contributed by atoms with Gasteiger partial charge in [-0.05, 0) is 36.3 Å². The van der Waals surface area contributed by atoms with E-state index in [-0.39, 0.29) is 23.5 Å². The van der Waals surface area contributed by atoms with Crippen LogP contribution in [0.1, 0.15) is 78.3 Å². The van der Waals surface area contributed by atoms with E-state index in [0.29, 0.717) is 30.9 Å². The summed E-state index contributed by atoms with van der Waals surface area (Å²) >= 11 is 0. The first kappa shape index (κ1) is 34.1. The second-order valence-corrected chi connectivity index (χ2v) is 13.1. The number of hydrogen-bond donors (Lipinski definition) is 2. The number of nitrogens with one attached hydrogen (secondary N) is 1. The van der Waals surface area contributed by atoms with Crippen LogP contribution < -0.4 is 20.5 Å². The maximum atomic E-state index is 15.9. The lowest BCUT2D eigenvalue weighted by Crippen LogP contribution is -2.58. The molecule has 3 N–H and O–H groups in total. The number of hydrogen-bond acceptors (Lipinski definition) is 8. The Bertz CT molecular complexity index is 1400. The molecule has 248 valence electrons. The van der Waals surface area contributed by atoms with E-state index in [1.54, 1.807) is 45.9 Å². The molecule has 0 radical (unpaired) electrons. The van der Waals surface area contributed by atoms with Gasteiger partial charge in [0.2, 0.25) is 17.7 Å². The maximum Gasteiger partial charge on any atom is 0.407 e. The molecule has 1 aromatic heterocycles. The van der Waals surface area contributed by atoms with Crippen LogP contribution in [0.3, 0.4) is 0 Å². The maximum absolute atomic E-state index is 15.9. The lowest BCUT2D eigenvalue weighted by atomic mass is 9.85. The van der Waals surface area contributed by atoms with Crippen molar-refractivity contribution < 1.29 is 37.4 Å². The fourth-order valence-electron chi connectivity index (χ4n) is 5.98. The van der Waals surface area contributed by atoms with Gasteiger partial charge >= 0.3 is 6.09 Å². The predicted octanol–water partition coefficient (Wildman–Crippen LogP) is 4.94. The van der Waals surface area contributed by atoms with Crippen LogP contribution >= 0.6 is 0 Å². The van der Waals surface area contributed by atoms with Crippen molar-refractivity contribution in [3.8, 4) is 11.6 Å². The average Bonchev–Trinajstić information content (AvgIpc) is 3.74. The topological polar surface area (TPSA) is 146 Å². The summed E-state index contributed by atoms with van der Waals surface area (Å²) in [5.74, 6) is -4.60. The lowest BCUT2D eigenvalue weighted by molar-refractivity contribution is -0.141. The highest BCUT2D eigenvalue weighted by Crippen LogP contribution is 2.42. The zero-order chi connectivity index (χ0) is 33.1. The standard InChI is InChI=1S/C32H45F2N5O6/c1-7-20-23(17-39(24(20)27(35)40)29(41)26(31(2,3)4)38-30(42)44-6)45-28-25(32(33,34)15-9-8-10-18-11-12-18)36-21-14-13-19(43-5)16-22(21)37-28/h13-14,16,18,20,23-24,26H,7-12,15,17H2,1-6H3,(H2,35,40)(H,38,42)/t20-,23+,24+,26-/m1/s1. The molecule has 0 bridgehead atoms. The van der Waals surface area contributed by atoms with Crippen LogP contribution in [0.5, 0.6) is 11.6 Å². The van der Waals surface area contributed by atoms with Crippen molar-refractivity contribution in [1.82, 2.24) is 20.2 Å². The van der Waals surface area contributed by atoms with Gasteiger partial charge in [0.1, 0.15) is 23.9 Å². The smallest absolute Gasteiger partial charge is 0.407 e. The number of carbonyl (C=O) groups excluding carboxylic acids is 3. The number of carbonyl (C=O) groups is 3. The molecule has 1 saturated heterocycles. The molecule has 2 fully saturated rings. The van der Waals surface area contributed by atoms with Crippen LogP contribution in [-0.4, -0.2) is 71.7 Å². The Labute approximate surface area is 262 Å². The summed E-state index contributed by atoms with van der Waals surface area (Å²) in [5.41, 5.74) is 5.00. The molecule has 4 atom stereocenters. The van der Waals surface area contributed by atoms with E-state index in [0.717, 1.165) is 19.3 Å². The van der Waals surface area contributed by atoms with Crippen LogP contribution in [-0.2, 0) is 20.2 Å². The minimum Gasteiger partial charge on any atom is -0.497 e. The summed E-state index contributed by atoms with van der Waals surface area (Å²) in [6.45, 7) is 6.91. The summed E-state index contributed by atoms with van der Waals surface area (Å²) in [7, 11) is 2.66. The van der Waals surface area contributed by atoms with Crippen molar-refractivity contribution in [2.75, 3.05) is 20.8 Å². The first-order valence-corrected chi connectivity index (χ1v) is 15.5. The van der Waals surface area contributed by atoms with Crippen molar-refractivity contribution in [2.24, 2.45) is 23.0 Å². The third kappa shape index (κ3) is 7.91. The highest BCUT2D eigenvalue weighted by atomic mass is 19.3. The average molecular weight is 634 g/mol. The summed E-state index contributed by atoms with van der Waals surface area (Å²) in [5, 5.41) is 2.56. The molecule has 1 aliphatic heterocycles. The number of alkyl carbamates (subject to hydrolysis) is 1. The number of likely N-dealkylation sites (tertiary alicyclic amines) is 1. The quantitative estimate of drug-likeness (QED) is 0.295. The van der Waals surface area contributed by atoms with Gasteiger partial charge in [-0.1, -0.05) is 53.4 Å². The number of aromatic nitrogens is 2.